The molecule has 0 spiro atoms. The lowest BCUT2D eigenvalue weighted by Gasteiger charge is -2.07. The molecule has 104 valence electrons. The molecule has 0 bridgehead atoms. The monoisotopic (exact) mass is 292 g/mol. The number of anilines is 2. The number of benzene rings is 1. The number of carbonyl (C=O) groups is 2. The van der Waals surface area contributed by atoms with Crippen molar-refractivity contribution in [2.24, 2.45) is 0 Å². The van der Waals surface area contributed by atoms with Crippen LogP contribution in [0, 0.1) is 0 Å². The van der Waals surface area contributed by atoms with Gasteiger partial charge in [-0.05, 0) is 24.1 Å². The second-order valence-corrected chi connectivity index (χ2v) is 4.75. The van der Waals surface area contributed by atoms with Crippen molar-refractivity contribution in [3.05, 3.63) is 35.3 Å². The Morgan fingerprint density at radius 1 is 1.30 bits per heavy atom. The maximum atomic E-state index is 11.7. The van der Waals surface area contributed by atoms with Gasteiger partial charge in [-0.25, -0.2) is 4.79 Å². The molecule has 1 heterocycles. The quantitative estimate of drug-likeness (QED) is 0.783. The lowest BCUT2D eigenvalue weighted by Crippen LogP contribution is -2.19. The van der Waals surface area contributed by atoms with E-state index in [1.54, 1.807) is 18.2 Å². The fraction of sp³-hybridized carbons (Fsp3) is 0.167. The average molecular weight is 292 g/mol. The molecule has 0 atom stereocenters. The van der Waals surface area contributed by atoms with E-state index in [-0.39, 0.29) is 6.42 Å². The number of aliphatic carboxylic acids is 1. The minimum Gasteiger partial charge on any atom is -0.481 e. The number of aromatic nitrogens is 2. The summed E-state index contributed by atoms with van der Waals surface area (Å²) in [5.41, 5.74) is 2.96. The third-order valence-electron chi connectivity index (χ3n) is 2.39. The summed E-state index contributed by atoms with van der Waals surface area (Å²) < 4.78 is 0. The number of nitrogens with one attached hydrogen (secondary N) is 2. The van der Waals surface area contributed by atoms with E-state index in [1.165, 1.54) is 16.8 Å². The zero-order valence-electron chi connectivity index (χ0n) is 10.4. The topological polar surface area (TPSA) is 104 Å². The van der Waals surface area contributed by atoms with E-state index < -0.39 is 12.0 Å². The highest BCUT2D eigenvalue weighted by Crippen LogP contribution is 2.14. The lowest BCUT2D eigenvalue weighted by atomic mass is 10.1. The van der Waals surface area contributed by atoms with Crippen LogP contribution in [0.1, 0.15) is 12.0 Å². The second kappa shape index (κ2) is 6.62. The van der Waals surface area contributed by atoms with Gasteiger partial charge in [0.25, 0.3) is 0 Å². The number of hydrogen-bond acceptors (Lipinski definition) is 5. The van der Waals surface area contributed by atoms with Gasteiger partial charge in [-0.2, -0.15) is 0 Å². The molecule has 3 N–H and O–H groups in total. The predicted octanol–water partition coefficient (Wildman–Crippen LogP) is 2.20. The normalized spacial score (nSPS) is 10.0. The highest BCUT2D eigenvalue weighted by Gasteiger charge is 2.06. The molecule has 1 aromatic carbocycles. The molecule has 0 aliphatic heterocycles. The minimum absolute atomic E-state index is 0.0560. The van der Waals surface area contributed by atoms with E-state index in [4.69, 9.17) is 5.11 Å². The Labute approximate surface area is 118 Å². The van der Waals surface area contributed by atoms with Crippen LogP contribution in [0.15, 0.2) is 29.8 Å². The van der Waals surface area contributed by atoms with Crippen molar-refractivity contribution in [3.8, 4) is 0 Å². The SMILES string of the molecule is O=C(O)CCc1cccc(NC(=O)Nc2nncs2)c1. The summed E-state index contributed by atoms with van der Waals surface area (Å²) in [4.78, 5) is 22.2. The summed E-state index contributed by atoms with van der Waals surface area (Å²) in [6.07, 6.45) is 0.476. The van der Waals surface area contributed by atoms with Gasteiger partial charge in [0.2, 0.25) is 5.13 Å². The van der Waals surface area contributed by atoms with Gasteiger partial charge in [0.05, 0.1) is 0 Å². The van der Waals surface area contributed by atoms with Crippen molar-refractivity contribution in [3.63, 3.8) is 0 Å². The molecule has 20 heavy (non-hydrogen) atoms. The number of carboxylic acids is 1. The summed E-state index contributed by atoms with van der Waals surface area (Å²) in [7, 11) is 0. The number of nitrogens with zero attached hydrogens (tertiary/aromatic N) is 2. The smallest absolute Gasteiger partial charge is 0.325 e. The van der Waals surface area contributed by atoms with E-state index >= 15 is 0 Å². The minimum atomic E-state index is -0.850. The number of carbonyl (C=O) groups excluding carboxylic acids is 1. The first kappa shape index (κ1) is 13.9. The third kappa shape index (κ3) is 4.32. The van der Waals surface area contributed by atoms with Crippen LogP contribution in [0.25, 0.3) is 0 Å². The molecule has 0 fully saturated rings. The first-order valence-corrected chi connectivity index (χ1v) is 6.66. The Hall–Kier alpha value is -2.48. The lowest BCUT2D eigenvalue weighted by molar-refractivity contribution is -0.136. The Balaban J connectivity index is 1.93. The molecule has 0 saturated heterocycles. The van der Waals surface area contributed by atoms with Crippen LogP contribution in [-0.2, 0) is 11.2 Å². The average Bonchev–Trinajstić information content (AvgIpc) is 2.89. The molecular formula is C12H12N4O3S. The first-order valence-electron chi connectivity index (χ1n) is 5.78. The summed E-state index contributed by atoms with van der Waals surface area (Å²) in [6, 6.07) is 6.62. The van der Waals surface area contributed by atoms with Crippen LogP contribution in [0.2, 0.25) is 0 Å². The van der Waals surface area contributed by atoms with Gasteiger partial charge in [0.1, 0.15) is 5.51 Å². The van der Waals surface area contributed by atoms with E-state index in [0.717, 1.165) is 5.56 Å². The molecule has 0 aliphatic carbocycles. The molecule has 2 rings (SSSR count). The fourth-order valence-corrected chi connectivity index (χ4v) is 1.98. The van der Waals surface area contributed by atoms with Gasteiger partial charge in [0.15, 0.2) is 0 Å². The number of hydrogen-bond donors (Lipinski definition) is 3. The fourth-order valence-electron chi connectivity index (χ4n) is 1.54. The zero-order chi connectivity index (χ0) is 14.4. The van der Waals surface area contributed by atoms with E-state index in [1.807, 2.05) is 6.07 Å². The Morgan fingerprint density at radius 3 is 2.85 bits per heavy atom. The van der Waals surface area contributed by atoms with E-state index in [0.29, 0.717) is 17.2 Å². The molecule has 0 saturated carbocycles. The van der Waals surface area contributed by atoms with Gasteiger partial charge < -0.3 is 10.4 Å². The van der Waals surface area contributed by atoms with Gasteiger partial charge in [-0.15, -0.1) is 10.2 Å². The number of carboxylic acid groups (broad SMARTS) is 1. The Bertz CT molecular complexity index is 601. The van der Waals surface area contributed by atoms with Crippen molar-refractivity contribution in [1.29, 1.82) is 0 Å². The number of urea groups is 1. The maximum absolute atomic E-state index is 11.7. The van der Waals surface area contributed by atoms with Gasteiger partial charge in [-0.1, -0.05) is 23.5 Å². The highest BCUT2D eigenvalue weighted by molar-refractivity contribution is 7.13. The first-order chi connectivity index (χ1) is 9.63. The standard InChI is InChI=1S/C12H12N4O3S/c17-10(18)5-4-8-2-1-3-9(6-8)14-11(19)15-12-16-13-7-20-12/h1-3,6-7H,4-5H2,(H,17,18)(H2,14,15,16,19). The largest absolute Gasteiger partial charge is 0.481 e. The van der Waals surface area contributed by atoms with Crippen LogP contribution in [0.4, 0.5) is 15.6 Å². The number of aryl methyl sites for hydroxylation is 1. The summed E-state index contributed by atoms with van der Waals surface area (Å²) in [6.45, 7) is 0. The van der Waals surface area contributed by atoms with Gasteiger partial charge in [-0.3, -0.25) is 10.1 Å². The summed E-state index contributed by atoms with van der Waals surface area (Å²) in [5.74, 6) is -0.850. The molecular weight excluding hydrogens is 280 g/mol. The Morgan fingerprint density at radius 2 is 2.15 bits per heavy atom. The summed E-state index contributed by atoms with van der Waals surface area (Å²) >= 11 is 1.22. The van der Waals surface area contributed by atoms with E-state index in [2.05, 4.69) is 20.8 Å². The van der Waals surface area contributed by atoms with Crippen LogP contribution in [-0.4, -0.2) is 27.3 Å². The van der Waals surface area contributed by atoms with Crippen LogP contribution in [0.5, 0.6) is 0 Å². The molecule has 0 radical (unpaired) electrons. The van der Waals surface area contributed by atoms with E-state index in [9.17, 15) is 9.59 Å². The van der Waals surface area contributed by atoms with Crippen LogP contribution < -0.4 is 10.6 Å². The highest BCUT2D eigenvalue weighted by atomic mass is 32.1. The molecule has 7 nitrogen and oxygen atoms in total. The summed E-state index contributed by atoms with van der Waals surface area (Å²) in [5, 5.41) is 21.5. The zero-order valence-corrected chi connectivity index (χ0v) is 11.2. The molecule has 2 amide bonds. The van der Waals surface area contributed by atoms with Gasteiger partial charge in [0, 0.05) is 12.1 Å². The van der Waals surface area contributed by atoms with Crippen molar-refractivity contribution < 1.29 is 14.7 Å². The number of rotatable bonds is 5. The second-order valence-electron chi connectivity index (χ2n) is 3.92. The molecule has 2 aromatic rings. The predicted molar refractivity (Wildman–Crippen MR) is 74.9 cm³/mol. The van der Waals surface area contributed by atoms with Crippen LogP contribution in [0.3, 0.4) is 0 Å². The third-order valence-corrected chi connectivity index (χ3v) is 3.00. The van der Waals surface area contributed by atoms with Crippen molar-refractivity contribution in [1.82, 2.24) is 10.2 Å². The molecule has 0 aliphatic rings. The van der Waals surface area contributed by atoms with Gasteiger partial charge >= 0.3 is 12.0 Å². The number of amides is 2. The van der Waals surface area contributed by atoms with Crippen LogP contribution >= 0.6 is 11.3 Å². The van der Waals surface area contributed by atoms with Crippen molar-refractivity contribution >= 4 is 34.2 Å². The van der Waals surface area contributed by atoms with Crippen molar-refractivity contribution in [2.45, 2.75) is 12.8 Å². The maximum Gasteiger partial charge on any atom is 0.325 e. The molecule has 1 aromatic heterocycles. The molecule has 0 unspecified atom stereocenters. The molecule has 8 heteroatoms. The Kier molecular flexibility index (Phi) is 4.61. The van der Waals surface area contributed by atoms with Crippen molar-refractivity contribution in [2.75, 3.05) is 10.6 Å².